The number of ether oxygens (including phenoxy) is 1. The highest BCUT2D eigenvalue weighted by Crippen LogP contribution is 2.17. The first kappa shape index (κ1) is 18.6. The van der Waals surface area contributed by atoms with Gasteiger partial charge in [0.1, 0.15) is 6.04 Å². The Bertz CT molecular complexity index is 1200. The molecule has 2 aromatic heterocycles. The Morgan fingerprint density at radius 3 is 2.55 bits per heavy atom. The zero-order valence-electron chi connectivity index (χ0n) is 15.8. The van der Waals surface area contributed by atoms with Crippen molar-refractivity contribution < 1.29 is 14.3 Å². The molecule has 0 saturated heterocycles. The molecule has 0 unspecified atom stereocenters. The SMILES string of the molecule is COC(=O)[C@@H](Cc1ccc2ccccc2n1)NC(=O)c1ccnc2ccccc12. The number of nitrogens with zero attached hydrogens (tertiary/aromatic N) is 2. The molecule has 0 aliphatic rings. The summed E-state index contributed by atoms with van der Waals surface area (Å²) in [6, 6.07) is 19.7. The fourth-order valence-corrected chi connectivity index (χ4v) is 3.30. The number of para-hydroxylation sites is 2. The molecular weight excluding hydrogens is 366 g/mol. The molecule has 0 aliphatic carbocycles. The molecule has 0 saturated carbocycles. The lowest BCUT2D eigenvalue weighted by atomic mass is 10.1. The van der Waals surface area contributed by atoms with Crippen LogP contribution in [0.15, 0.2) is 72.9 Å². The van der Waals surface area contributed by atoms with Crippen LogP contribution in [0, 0.1) is 0 Å². The summed E-state index contributed by atoms with van der Waals surface area (Å²) in [6.07, 6.45) is 1.81. The molecule has 144 valence electrons. The zero-order valence-corrected chi connectivity index (χ0v) is 15.8. The predicted octanol–water partition coefficient (Wildman–Crippen LogP) is 3.30. The van der Waals surface area contributed by atoms with Crippen molar-refractivity contribution >= 4 is 33.7 Å². The first-order chi connectivity index (χ1) is 14.2. The predicted molar refractivity (Wildman–Crippen MR) is 110 cm³/mol. The third-order valence-corrected chi connectivity index (χ3v) is 4.75. The first-order valence-electron chi connectivity index (χ1n) is 9.23. The fraction of sp³-hybridized carbons (Fsp3) is 0.130. The van der Waals surface area contributed by atoms with Crippen molar-refractivity contribution in [3.05, 3.63) is 84.2 Å². The highest BCUT2D eigenvalue weighted by molar-refractivity contribution is 6.07. The molecular formula is C23H19N3O3. The van der Waals surface area contributed by atoms with Crippen LogP contribution in [-0.4, -0.2) is 35.0 Å². The van der Waals surface area contributed by atoms with Crippen LogP contribution >= 0.6 is 0 Å². The van der Waals surface area contributed by atoms with Crippen molar-refractivity contribution in [2.75, 3.05) is 7.11 Å². The smallest absolute Gasteiger partial charge is 0.328 e. The molecule has 2 heterocycles. The Balaban J connectivity index is 1.61. The number of carbonyl (C=O) groups is 2. The van der Waals surface area contributed by atoms with Crippen LogP contribution < -0.4 is 5.32 Å². The average molecular weight is 385 g/mol. The van der Waals surface area contributed by atoms with Crippen molar-refractivity contribution in [2.45, 2.75) is 12.5 Å². The molecule has 6 heteroatoms. The van der Waals surface area contributed by atoms with Crippen molar-refractivity contribution in [3.63, 3.8) is 0 Å². The second-order valence-electron chi connectivity index (χ2n) is 6.62. The summed E-state index contributed by atoms with van der Waals surface area (Å²) in [4.78, 5) is 34.1. The Labute approximate surface area is 167 Å². The number of hydrogen-bond donors (Lipinski definition) is 1. The van der Waals surface area contributed by atoms with E-state index in [1.54, 1.807) is 12.3 Å². The lowest BCUT2D eigenvalue weighted by molar-refractivity contribution is -0.142. The number of rotatable bonds is 5. The van der Waals surface area contributed by atoms with Gasteiger partial charge < -0.3 is 10.1 Å². The summed E-state index contributed by atoms with van der Waals surface area (Å²) in [5, 5.41) is 4.53. The van der Waals surface area contributed by atoms with Crippen LogP contribution in [0.25, 0.3) is 21.8 Å². The van der Waals surface area contributed by atoms with Crippen LogP contribution in [0.5, 0.6) is 0 Å². The standard InChI is InChI=1S/C23H19N3O3/c1-29-23(28)21(14-16-11-10-15-6-2-4-8-19(15)25-16)26-22(27)18-12-13-24-20-9-5-3-7-17(18)20/h2-13,21H,14H2,1H3,(H,26,27)/t21-/m1/s1. The van der Waals surface area contributed by atoms with Gasteiger partial charge in [0.25, 0.3) is 5.91 Å². The molecule has 2 aromatic carbocycles. The van der Waals surface area contributed by atoms with E-state index in [4.69, 9.17) is 4.74 Å². The van der Waals surface area contributed by atoms with Crippen molar-refractivity contribution in [2.24, 2.45) is 0 Å². The molecule has 1 amide bonds. The summed E-state index contributed by atoms with van der Waals surface area (Å²) in [5.41, 5.74) is 2.70. The molecule has 0 radical (unpaired) electrons. The van der Waals surface area contributed by atoms with E-state index in [1.165, 1.54) is 7.11 Å². The maximum atomic E-state index is 12.9. The quantitative estimate of drug-likeness (QED) is 0.533. The van der Waals surface area contributed by atoms with Crippen molar-refractivity contribution in [1.29, 1.82) is 0 Å². The Hall–Kier alpha value is -3.80. The van der Waals surface area contributed by atoms with Gasteiger partial charge >= 0.3 is 5.97 Å². The van der Waals surface area contributed by atoms with E-state index in [0.29, 0.717) is 16.8 Å². The van der Waals surface area contributed by atoms with E-state index < -0.39 is 12.0 Å². The summed E-state index contributed by atoms with van der Waals surface area (Å²) in [6.45, 7) is 0. The van der Waals surface area contributed by atoms with Crippen molar-refractivity contribution in [1.82, 2.24) is 15.3 Å². The van der Waals surface area contributed by atoms with Crippen LogP contribution in [0.3, 0.4) is 0 Å². The molecule has 0 aliphatic heterocycles. The third-order valence-electron chi connectivity index (χ3n) is 4.75. The highest BCUT2D eigenvalue weighted by atomic mass is 16.5. The minimum atomic E-state index is -0.854. The van der Waals surface area contributed by atoms with Crippen LogP contribution in [0.1, 0.15) is 16.1 Å². The molecule has 1 N–H and O–H groups in total. The second-order valence-corrected chi connectivity index (χ2v) is 6.62. The minimum absolute atomic E-state index is 0.228. The topological polar surface area (TPSA) is 81.2 Å². The zero-order chi connectivity index (χ0) is 20.2. The third kappa shape index (κ3) is 3.91. The van der Waals surface area contributed by atoms with E-state index in [-0.39, 0.29) is 12.3 Å². The van der Waals surface area contributed by atoms with Crippen LogP contribution in [-0.2, 0) is 16.0 Å². The molecule has 0 fully saturated rings. The van der Waals surface area contributed by atoms with Gasteiger partial charge in [-0.25, -0.2) is 4.79 Å². The van der Waals surface area contributed by atoms with Gasteiger partial charge in [0.15, 0.2) is 0 Å². The Morgan fingerprint density at radius 2 is 1.72 bits per heavy atom. The molecule has 1 atom stereocenters. The Kier molecular flexibility index (Phi) is 5.16. The van der Waals surface area contributed by atoms with E-state index in [9.17, 15) is 9.59 Å². The Morgan fingerprint density at radius 1 is 0.966 bits per heavy atom. The van der Waals surface area contributed by atoms with Crippen LogP contribution in [0.4, 0.5) is 0 Å². The number of nitrogens with one attached hydrogen (secondary N) is 1. The number of carbonyl (C=O) groups excluding carboxylic acids is 2. The summed E-state index contributed by atoms with van der Waals surface area (Å²) in [5.74, 6) is -0.883. The van der Waals surface area contributed by atoms with Crippen molar-refractivity contribution in [3.8, 4) is 0 Å². The molecule has 4 aromatic rings. The van der Waals surface area contributed by atoms with Gasteiger partial charge in [-0.05, 0) is 24.3 Å². The average Bonchev–Trinajstić information content (AvgIpc) is 2.77. The molecule has 6 nitrogen and oxygen atoms in total. The molecule has 0 spiro atoms. The number of pyridine rings is 2. The maximum Gasteiger partial charge on any atom is 0.328 e. The van der Waals surface area contributed by atoms with Crippen LogP contribution in [0.2, 0.25) is 0 Å². The normalized spacial score (nSPS) is 11.9. The van der Waals surface area contributed by atoms with E-state index in [0.717, 1.165) is 16.3 Å². The van der Waals surface area contributed by atoms with E-state index >= 15 is 0 Å². The lowest BCUT2D eigenvalue weighted by Crippen LogP contribution is -2.43. The van der Waals surface area contributed by atoms with Gasteiger partial charge in [0.05, 0.1) is 23.7 Å². The first-order valence-corrected chi connectivity index (χ1v) is 9.23. The van der Waals surface area contributed by atoms with Gasteiger partial charge in [0, 0.05) is 29.1 Å². The molecule has 29 heavy (non-hydrogen) atoms. The molecule has 0 bridgehead atoms. The number of fused-ring (bicyclic) bond motifs is 2. The maximum absolute atomic E-state index is 12.9. The van der Waals surface area contributed by atoms with Gasteiger partial charge in [-0.15, -0.1) is 0 Å². The van der Waals surface area contributed by atoms with E-state index in [2.05, 4.69) is 15.3 Å². The fourth-order valence-electron chi connectivity index (χ4n) is 3.30. The van der Waals surface area contributed by atoms with Gasteiger partial charge in [0.2, 0.25) is 0 Å². The summed E-state index contributed by atoms with van der Waals surface area (Å²) < 4.78 is 4.90. The van der Waals surface area contributed by atoms with E-state index in [1.807, 2.05) is 60.7 Å². The monoisotopic (exact) mass is 385 g/mol. The van der Waals surface area contributed by atoms with Gasteiger partial charge in [-0.3, -0.25) is 14.8 Å². The number of hydrogen-bond acceptors (Lipinski definition) is 5. The minimum Gasteiger partial charge on any atom is -0.467 e. The number of benzene rings is 2. The lowest BCUT2D eigenvalue weighted by Gasteiger charge is -2.17. The van der Waals surface area contributed by atoms with Gasteiger partial charge in [-0.2, -0.15) is 0 Å². The number of esters is 1. The number of aromatic nitrogens is 2. The molecule has 4 rings (SSSR count). The number of amides is 1. The largest absolute Gasteiger partial charge is 0.467 e. The van der Waals surface area contributed by atoms with Gasteiger partial charge in [-0.1, -0.05) is 42.5 Å². The summed E-state index contributed by atoms with van der Waals surface area (Å²) >= 11 is 0. The summed E-state index contributed by atoms with van der Waals surface area (Å²) in [7, 11) is 1.30. The second kappa shape index (κ2) is 8.06. The highest BCUT2D eigenvalue weighted by Gasteiger charge is 2.24. The number of methoxy groups -OCH3 is 1.